The van der Waals surface area contributed by atoms with Crippen molar-refractivity contribution in [2.75, 3.05) is 12.4 Å². The van der Waals surface area contributed by atoms with Crippen LogP contribution in [0, 0.1) is 6.92 Å². The van der Waals surface area contributed by atoms with E-state index in [1.54, 1.807) is 13.3 Å². The van der Waals surface area contributed by atoms with Crippen molar-refractivity contribution in [1.29, 1.82) is 0 Å². The van der Waals surface area contributed by atoms with Gasteiger partial charge in [-0.3, -0.25) is 9.78 Å². The lowest BCUT2D eigenvalue weighted by Gasteiger charge is -2.09. The number of nitrogens with one attached hydrogen (secondary N) is 1. The van der Waals surface area contributed by atoms with Crippen molar-refractivity contribution < 1.29 is 14.1 Å². The molecule has 4 rings (SSSR count). The van der Waals surface area contributed by atoms with Gasteiger partial charge < -0.3 is 14.6 Å². The number of carbonyl (C=O) groups is 1. The largest absolute Gasteiger partial charge is 0.497 e. The van der Waals surface area contributed by atoms with Crippen LogP contribution in [0.25, 0.3) is 22.3 Å². The standard InChI is InChI=1S/C22H20N4O3/c1-14-5-10-18(17-4-3-13-23-21(14)17)24-19(27)11-12-20-25-22(26-29-20)15-6-8-16(28-2)9-7-15/h3-10,13H,11-12H2,1-2H3,(H,24,27). The average Bonchev–Trinajstić information content (AvgIpc) is 3.24. The highest BCUT2D eigenvalue weighted by molar-refractivity contribution is 6.01. The number of pyridine rings is 1. The molecule has 1 N–H and O–H groups in total. The van der Waals surface area contributed by atoms with E-state index in [1.165, 1.54) is 0 Å². The number of hydrogen-bond donors (Lipinski definition) is 1. The molecule has 0 radical (unpaired) electrons. The molecule has 29 heavy (non-hydrogen) atoms. The molecule has 7 nitrogen and oxygen atoms in total. The molecule has 1 amide bonds. The number of fused-ring (bicyclic) bond motifs is 1. The molecule has 2 aromatic heterocycles. The summed E-state index contributed by atoms with van der Waals surface area (Å²) in [5.41, 5.74) is 3.51. The lowest BCUT2D eigenvalue weighted by Crippen LogP contribution is -2.13. The molecule has 146 valence electrons. The van der Waals surface area contributed by atoms with E-state index in [0.29, 0.717) is 18.1 Å². The van der Waals surface area contributed by atoms with Crippen LogP contribution in [-0.4, -0.2) is 28.1 Å². The molecule has 0 atom stereocenters. The number of aryl methyl sites for hydroxylation is 2. The fraction of sp³-hybridized carbons (Fsp3) is 0.182. The predicted molar refractivity (Wildman–Crippen MR) is 110 cm³/mol. The van der Waals surface area contributed by atoms with E-state index in [-0.39, 0.29) is 12.3 Å². The number of benzene rings is 2. The van der Waals surface area contributed by atoms with Crippen molar-refractivity contribution in [3.8, 4) is 17.1 Å². The first kappa shape index (κ1) is 18.6. The number of aromatic nitrogens is 3. The van der Waals surface area contributed by atoms with Crippen LogP contribution in [0.3, 0.4) is 0 Å². The number of nitrogens with zero attached hydrogens (tertiary/aromatic N) is 3. The number of anilines is 1. The number of hydrogen-bond acceptors (Lipinski definition) is 6. The third-order valence-corrected chi connectivity index (χ3v) is 4.63. The van der Waals surface area contributed by atoms with Gasteiger partial charge in [0, 0.05) is 30.0 Å². The molecule has 2 heterocycles. The van der Waals surface area contributed by atoms with Crippen LogP contribution in [-0.2, 0) is 11.2 Å². The summed E-state index contributed by atoms with van der Waals surface area (Å²) in [5, 5.41) is 7.86. The van der Waals surface area contributed by atoms with E-state index in [2.05, 4.69) is 20.4 Å². The predicted octanol–water partition coefficient (Wildman–Crippen LogP) is 4.17. The third kappa shape index (κ3) is 4.08. The van der Waals surface area contributed by atoms with Crippen LogP contribution in [0.1, 0.15) is 17.9 Å². The van der Waals surface area contributed by atoms with E-state index < -0.39 is 0 Å². The zero-order valence-electron chi connectivity index (χ0n) is 16.2. The Balaban J connectivity index is 1.40. The average molecular weight is 388 g/mol. The fourth-order valence-corrected chi connectivity index (χ4v) is 3.07. The van der Waals surface area contributed by atoms with Gasteiger partial charge in [-0.2, -0.15) is 4.98 Å². The van der Waals surface area contributed by atoms with E-state index in [9.17, 15) is 4.79 Å². The van der Waals surface area contributed by atoms with Crippen LogP contribution in [0.4, 0.5) is 5.69 Å². The Kier molecular flexibility index (Phi) is 5.20. The van der Waals surface area contributed by atoms with Crippen molar-refractivity contribution in [3.63, 3.8) is 0 Å². The normalized spacial score (nSPS) is 10.8. The Morgan fingerprint density at radius 3 is 2.76 bits per heavy atom. The topological polar surface area (TPSA) is 90.1 Å². The molecule has 0 saturated heterocycles. The Labute approximate surface area is 167 Å². The van der Waals surface area contributed by atoms with Crippen LogP contribution in [0.2, 0.25) is 0 Å². The summed E-state index contributed by atoms with van der Waals surface area (Å²) in [5.74, 6) is 1.54. The first-order valence-corrected chi connectivity index (χ1v) is 9.25. The molecule has 0 aliphatic rings. The molecule has 0 bridgehead atoms. The Morgan fingerprint density at radius 1 is 1.14 bits per heavy atom. The summed E-state index contributed by atoms with van der Waals surface area (Å²) >= 11 is 0. The Hall–Kier alpha value is -3.74. The molecule has 0 aliphatic carbocycles. The van der Waals surface area contributed by atoms with Crippen molar-refractivity contribution in [3.05, 3.63) is 66.2 Å². The summed E-state index contributed by atoms with van der Waals surface area (Å²) in [6.07, 6.45) is 2.34. The maximum Gasteiger partial charge on any atom is 0.227 e. The van der Waals surface area contributed by atoms with Gasteiger partial charge >= 0.3 is 0 Å². The Bertz CT molecular complexity index is 1150. The Morgan fingerprint density at radius 2 is 1.97 bits per heavy atom. The molecule has 4 aromatic rings. The van der Waals surface area contributed by atoms with Crippen LogP contribution >= 0.6 is 0 Å². The van der Waals surface area contributed by atoms with Gasteiger partial charge in [-0.1, -0.05) is 11.2 Å². The maximum atomic E-state index is 12.4. The summed E-state index contributed by atoms with van der Waals surface area (Å²) in [7, 11) is 1.61. The van der Waals surface area contributed by atoms with E-state index in [1.807, 2.05) is 55.5 Å². The van der Waals surface area contributed by atoms with Gasteiger partial charge in [-0.15, -0.1) is 0 Å². The fourth-order valence-electron chi connectivity index (χ4n) is 3.07. The van der Waals surface area contributed by atoms with Crippen LogP contribution in [0.15, 0.2) is 59.3 Å². The summed E-state index contributed by atoms with van der Waals surface area (Å²) in [4.78, 5) is 21.2. The molecular weight excluding hydrogens is 368 g/mol. The molecule has 0 unspecified atom stereocenters. The van der Waals surface area contributed by atoms with Gasteiger partial charge in [0.15, 0.2) is 0 Å². The highest BCUT2D eigenvalue weighted by Crippen LogP contribution is 2.25. The highest BCUT2D eigenvalue weighted by atomic mass is 16.5. The van der Waals surface area contributed by atoms with Crippen molar-refractivity contribution in [2.24, 2.45) is 0 Å². The second-order valence-corrected chi connectivity index (χ2v) is 6.62. The van der Waals surface area contributed by atoms with Crippen molar-refractivity contribution >= 4 is 22.5 Å². The van der Waals surface area contributed by atoms with Crippen molar-refractivity contribution in [2.45, 2.75) is 19.8 Å². The van der Waals surface area contributed by atoms with E-state index in [0.717, 1.165) is 33.5 Å². The third-order valence-electron chi connectivity index (χ3n) is 4.63. The maximum absolute atomic E-state index is 12.4. The minimum absolute atomic E-state index is 0.122. The summed E-state index contributed by atoms with van der Waals surface area (Å²) < 4.78 is 10.4. The van der Waals surface area contributed by atoms with Gasteiger partial charge in [0.2, 0.25) is 17.6 Å². The van der Waals surface area contributed by atoms with Crippen molar-refractivity contribution in [1.82, 2.24) is 15.1 Å². The SMILES string of the molecule is COc1ccc(-c2noc(CCC(=O)Nc3ccc(C)c4ncccc34)n2)cc1. The molecule has 0 saturated carbocycles. The minimum Gasteiger partial charge on any atom is -0.497 e. The first-order chi connectivity index (χ1) is 14.1. The quantitative estimate of drug-likeness (QED) is 0.533. The molecule has 0 spiro atoms. The van der Waals surface area contributed by atoms with Crippen LogP contribution in [0.5, 0.6) is 5.75 Å². The van der Waals surface area contributed by atoms with Gasteiger partial charge in [0.25, 0.3) is 0 Å². The van der Waals surface area contributed by atoms with E-state index >= 15 is 0 Å². The van der Waals surface area contributed by atoms with E-state index in [4.69, 9.17) is 9.26 Å². The second-order valence-electron chi connectivity index (χ2n) is 6.62. The number of methoxy groups -OCH3 is 1. The zero-order chi connectivity index (χ0) is 20.2. The number of rotatable bonds is 6. The molecule has 2 aromatic carbocycles. The van der Waals surface area contributed by atoms with Gasteiger partial charge in [0.1, 0.15) is 5.75 Å². The van der Waals surface area contributed by atoms with Gasteiger partial charge in [0.05, 0.1) is 18.3 Å². The second kappa shape index (κ2) is 8.10. The smallest absolute Gasteiger partial charge is 0.227 e. The lowest BCUT2D eigenvalue weighted by atomic mass is 10.1. The lowest BCUT2D eigenvalue weighted by molar-refractivity contribution is -0.116. The van der Waals surface area contributed by atoms with Gasteiger partial charge in [-0.25, -0.2) is 0 Å². The molecule has 7 heteroatoms. The van der Waals surface area contributed by atoms with Crippen LogP contribution < -0.4 is 10.1 Å². The van der Waals surface area contributed by atoms with Gasteiger partial charge in [-0.05, 0) is 55.0 Å². The first-order valence-electron chi connectivity index (χ1n) is 9.25. The molecule has 0 fully saturated rings. The number of amides is 1. The molecular formula is C22H20N4O3. The monoisotopic (exact) mass is 388 g/mol. The molecule has 0 aliphatic heterocycles. The summed E-state index contributed by atoms with van der Waals surface area (Å²) in [6.45, 7) is 2.00. The minimum atomic E-state index is -0.122. The number of carbonyl (C=O) groups excluding carboxylic acids is 1. The zero-order valence-corrected chi connectivity index (χ0v) is 16.2. The summed E-state index contributed by atoms with van der Waals surface area (Å²) in [6, 6.07) is 15.0. The highest BCUT2D eigenvalue weighted by Gasteiger charge is 2.12. The number of ether oxygens (including phenoxy) is 1.